The van der Waals surface area contributed by atoms with Gasteiger partial charge in [-0.1, -0.05) is 6.92 Å². The summed E-state index contributed by atoms with van der Waals surface area (Å²) in [6.45, 7) is 6.71. The standard InChI is InChI=1S/C11H20N4O/c1-3-6-13-11(16)9-12-8-10-5-7-14-15(10)4-2/h5,7,12H,3-4,6,8-9H2,1-2H3,(H,13,16). The van der Waals surface area contributed by atoms with Gasteiger partial charge >= 0.3 is 0 Å². The molecule has 1 amide bonds. The predicted octanol–water partition coefficient (Wildman–Crippen LogP) is 0.519. The Labute approximate surface area is 96.2 Å². The Morgan fingerprint density at radius 1 is 1.50 bits per heavy atom. The average Bonchev–Trinajstić information content (AvgIpc) is 2.74. The van der Waals surface area contributed by atoms with Gasteiger partial charge in [0.2, 0.25) is 5.91 Å². The van der Waals surface area contributed by atoms with Crippen molar-refractivity contribution in [1.82, 2.24) is 20.4 Å². The van der Waals surface area contributed by atoms with Gasteiger partial charge in [0.25, 0.3) is 0 Å². The molecule has 0 aliphatic heterocycles. The number of aromatic nitrogens is 2. The molecule has 16 heavy (non-hydrogen) atoms. The van der Waals surface area contributed by atoms with E-state index in [1.165, 1.54) is 0 Å². The van der Waals surface area contributed by atoms with Gasteiger partial charge in [-0.05, 0) is 19.4 Å². The summed E-state index contributed by atoms with van der Waals surface area (Å²) in [5.74, 6) is 0.0458. The largest absolute Gasteiger partial charge is 0.355 e. The number of nitrogens with one attached hydrogen (secondary N) is 2. The van der Waals surface area contributed by atoms with Crippen LogP contribution in [0.5, 0.6) is 0 Å². The fraction of sp³-hybridized carbons (Fsp3) is 0.636. The van der Waals surface area contributed by atoms with E-state index in [1.807, 2.05) is 24.6 Å². The molecular formula is C11H20N4O. The highest BCUT2D eigenvalue weighted by Crippen LogP contribution is 1.97. The molecule has 0 aliphatic carbocycles. The van der Waals surface area contributed by atoms with Crippen LogP contribution in [0.4, 0.5) is 0 Å². The molecule has 1 heterocycles. The summed E-state index contributed by atoms with van der Waals surface area (Å²) < 4.78 is 1.91. The van der Waals surface area contributed by atoms with E-state index in [1.54, 1.807) is 6.20 Å². The zero-order valence-electron chi connectivity index (χ0n) is 9.99. The van der Waals surface area contributed by atoms with Crippen molar-refractivity contribution in [3.05, 3.63) is 18.0 Å². The molecule has 0 fully saturated rings. The van der Waals surface area contributed by atoms with Crippen molar-refractivity contribution in [2.75, 3.05) is 13.1 Å². The van der Waals surface area contributed by atoms with Gasteiger partial charge in [0, 0.05) is 25.8 Å². The zero-order chi connectivity index (χ0) is 11.8. The molecule has 0 bridgehead atoms. The minimum Gasteiger partial charge on any atom is -0.355 e. The Bertz CT molecular complexity index is 322. The smallest absolute Gasteiger partial charge is 0.233 e. The monoisotopic (exact) mass is 224 g/mol. The lowest BCUT2D eigenvalue weighted by Gasteiger charge is -2.07. The van der Waals surface area contributed by atoms with E-state index >= 15 is 0 Å². The number of nitrogens with zero attached hydrogens (tertiary/aromatic N) is 2. The minimum atomic E-state index is 0.0458. The van der Waals surface area contributed by atoms with Crippen LogP contribution in [-0.4, -0.2) is 28.8 Å². The van der Waals surface area contributed by atoms with Gasteiger partial charge in [0.15, 0.2) is 0 Å². The van der Waals surface area contributed by atoms with Gasteiger partial charge in [-0.25, -0.2) is 0 Å². The Hall–Kier alpha value is -1.36. The minimum absolute atomic E-state index is 0.0458. The van der Waals surface area contributed by atoms with Gasteiger partial charge in [-0.3, -0.25) is 9.48 Å². The Balaban J connectivity index is 2.22. The normalized spacial score (nSPS) is 10.4. The van der Waals surface area contributed by atoms with Crippen molar-refractivity contribution in [1.29, 1.82) is 0 Å². The SMILES string of the molecule is CCCNC(=O)CNCc1ccnn1CC. The summed E-state index contributed by atoms with van der Waals surface area (Å²) in [7, 11) is 0. The van der Waals surface area contributed by atoms with Crippen LogP contribution in [0.3, 0.4) is 0 Å². The first-order valence-electron chi connectivity index (χ1n) is 5.76. The number of rotatable bonds is 7. The van der Waals surface area contributed by atoms with Crippen LogP contribution in [0.2, 0.25) is 0 Å². The van der Waals surface area contributed by atoms with Gasteiger partial charge in [0.1, 0.15) is 0 Å². The lowest BCUT2D eigenvalue weighted by molar-refractivity contribution is -0.120. The van der Waals surface area contributed by atoms with Gasteiger partial charge in [-0.2, -0.15) is 5.10 Å². The molecule has 0 radical (unpaired) electrons. The third-order valence-corrected chi connectivity index (χ3v) is 2.27. The Kier molecular flexibility index (Phi) is 5.56. The predicted molar refractivity (Wildman–Crippen MR) is 62.9 cm³/mol. The van der Waals surface area contributed by atoms with E-state index in [-0.39, 0.29) is 5.91 Å². The fourth-order valence-electron chi connectivity index (χ4n) is 1.43. The molecule has 5 nitrogen and oxygen atoms in total. The molecule has 0 saturated heterocycles. The summed E-state index contributed by atoms with van der Waals surface area (Å²) in [4.78, 5) is 11.3. The van der Waals surface area contributed by atoms with Crippen LogP contribution < -0.4 is 10.6 Å². The number of aryl methyl sites for hydroxylation is 1. The molecule has 0 unspecified atom stereocenters. The molecule has 2 N–H and O–H groups in total. The van der Waals surface area contributed by atoms with E-state index in [0.717, 1.165) is 25.2 Å². The van der Waals surface area contributed by atoms with Crippen molar-refractivity contribution in [3.63, 3.8) is 0 Å². The molecule has 0 spiro atoms. The number of carbonyl (C=O) groups excluding carboxylic acids is 1. The van der Waals surface area contributed by atoms with E-state index in [2.05, 4.69) is 15.7 Å². The van der Waals surface area contributed by atoms with Crippen LogP contribution >= 0.6 is 0 Å². The molecule has 90 valence electrons. The van der Waals surface area contributed by atoms with Crippen LogP contribution in [0, 0.1) is 0 Å². The van der Waals surface area contributed by atoms with E-state index in [0.29, 0.717) is 13.1 Å². The van der Waals surface area contributed by atoms with Crippen LogP contribution in [0.25, 0.3) is 0 Å². The maximum atomic E-state index is 11.3. The maximum absolute atomic E-state index is 11.3. The molecule has 1 aromatic heterocycles. The van der Waals surface area contributed by atoms with Crippen molar-refractivity contribution >= 4 is 5.91 Å². The highest BCUT2D eigenvalue weighted by Gasteiger charge is 2.02. The second-order valence-electron chi connectivity index (χ2n) is 3.59. The fourth-order valence-corrected chi connectivity index (χ4v) is 1.43. The second kappa shape index (κ2) is 7.00. The van der Waals surface area contributed by atoms with E-state index in [9.17, 15) is 4.79 Å². The van der Waals surface area contributed by atoms with Crippen molar-refractivity contribution in [2.24, 2.45) is 0 Å². The lowest BCUT2D eigenvalue weighted by atomic mass is 10.4. The molecule has 5 heteroatoms. The Morgan fingerprint density at radius 3 is 3.00 bits per heavy atom. The van der Waals surface area contributed by atoms with Gasteiger partial charge < -0.3 is 10.6 Å². The summed E-state index contributed by atoms with van der Waals surface area (Å²) in [6, 6.07) is 1.96. The summed E-state index contributed by atoms with van der Waals surface area (Å²) in [5, 5.41) is 10.1. The first kappa shape index (κ1) is 12.7. The third-order valence-electron chi connectivity index (χ3n) is 2.27. The van der Waals surface area contributed by atoms with E-state index < -0.39 is 0 Å². The first-order chi connectivity index (χ1) is 7.77. The van der Waals surface area contributed by atoms with Crippen molar-refractivity contribution in [3.8, 4) is 0 Å². The zero-order valence-corrected chi connectivity index (χ0v) is 9.99. The van der Waals surface area contributed by atoms with Crippen LogP contribution in [0.1, 0.15) is 26.0 Å². The summed E-state index contributed by atoms with van der Waals surface area (Å²) >= 11 is 0. The highest BCUT2D eigenvalue weighted by atomic mass is 16.1. The second-order valence-corrected chi connectivity index (χ2v) is 3.59. The summed E-state index contributed by atoms with van der Waals surface area (Å²) in [6.07, 6.45) is 2.74. The molecule has 0 aliphatic rings. The highest BCUT2D eigenvalue weighted by molar-refractivity contribution is 5.77. The van der Waals surface area contributed by atoms with E-state index in [4.69, 9.17) is 0 Å². The molecule has 0 aromatic carbocycles. The van der Waals surface area contributed by atoms with Gasteiger partial charge in [0.05, 0.1) is 12.2 Å². The molecule has 1 rings (SSSR count). The quantitative estimate of drug-likeness (QED) is 0.710. The van der Waals surface area contributed by atoms with Crippen molar-refractivity contribution < 1.29 is 4.79 Å². The van der Waals surface area contributed by atoms with Gasteiger partial charge in [-0.15, -0.1) is 0 Å². The number of amides is 1. The first-order valence-corrected chi connectivity index (χ1v) is 5.76. The molecule has 0 atom stereocenters. The Morgan fingerprint density at radius 2 is 2.31 bits per heavy atom. The maximum Gasteiger partial charge on any atom is 0.233 e. The lowest BCUT2D eigenvalue weighted by Crippen LogP contribution is -2.34. The third kappa shape index (κ3) is 4.02. The number of carbonyl (C=O) groups is 1. The molecule has 1 aromatic rings. The summed E-state index contributed by atoms with van der Waals surface area (Å²) in [5.41, 5.74) is 1.10. The molecular weight excluding hydrogens is 204 g/mol. The average molecular weight is 224 g/mol. The topological polar surface area (TPSA) is 59.0 Å². The van der Waals surface area contributed by atoms with Crippen molar-refractivity contribution in [2.45, 2.75) is 33.4 Å². The number of hydrogen-bond acceptors (Lipinski definition) is 3. The number of hydrogen-bond donors (Lipinski definition) is 2. The van der Waals surface area contributed by atoms with Crippen LogP contribution in [0.15, 0.2) is 12.3 Å². The molecule has 0 saturated carbocycles. The van der Waals surface area contributed by atoms with Crippen LogP contribution in [-0.2, 0) is 17.9 Å².